The highest BCUT2D eigenvalue weighted by Gasteiger charge is 2.31. The summed E-state index contributed by atoms with van der Waals surface area (Å²) in [5, 5.41) is 4.39. The third-order valence-electron chi connectivity index (χ3n) is 4.25. The first kappa shape index (κ1) is 13.5. The molecule has 2 aromatic rings. The van der Waals surface area contributed by atoms with Crippen LogP contribution in [0.5, 0.6) is 0 Å². The molecule has 0 saturated heterocycles. The number of rotatable bonds is 3. The lowest BCUT2D eigenvalue weighted by atomic mass is 9.74. The minimum absolute atomic E-state index is 0.541. The molecule has 0 bridgehead atoms. The van der Waals surface area contributed by atoms with E-state index in [9.17, 15) is 0 Å². The molecule has 1 fully saturated rings. The highest BCUT2D eigenvalue weighted by atomic mass is 35.5. The molecule has 0 unspecified atom stereocenters. The fourth-order valence-corrected chi connectivity index (χ4v) is 3.18. The predicted molar refractivity (Wildman–Crippen MR) is 86.8 cm³/mol. The minimum Gasteiger partial charge on any atom is -0.381 e. The monoisotopic (exact) mass is 285 g/mol. The van der Waals surface area contributed by atoms with Gasteiger partial charge in [0.05, 0.1) is 10.7 Å². The second kappa shape index (κ2) is 5.49. The molecule has 1 N–H and O–H groups in total. The van der Waals surface area contributed by atoms with Crippen molar-refractivity contribution in [3.63, 3.8) is 0 Å². The molecule has 0 spiro atoms. The number of anilines is 1. The van der Waals surface area contributed by atoms with Crippen molar-refractivity contribution < 1.29 is 0 Å². The van der Waals surface area contributed by atoms with E-state index in [1.807, 2.05) is 12.1 Å². The molecule has 0 atom stereocenters. The Kier molecular flexibility index (Phi) is 3.71. The van der Waals surface area contributed by atoms with E-state index in [1.165, 1.54) is 29.5 Å². The maximum absolute atomic E-state index is 6.24. The van der Waals surface area contributed by atoms with Gasteiger partial charge >= 0.3 is 0 Å². The summed E-state index contributed by atoms with van der Waals surface area (Å²) < 4.78 is 0. The Morgan fingerprint density at radius 1 is 1.05 bits per heavy atom. The van der Waals surface area contributed by atoms with E-state index in [4.69, 9.17) is 11.6 Å². The summed E-state index contributed by atoms with van der Waals surface area (Å²) in [6.07, 6.45) is 2.38. The van der Waals surface area contributed by atoms with E-state index in [-0.39, 0.29) is 0 Å². The van der Waals surface area contributed by atoms with Crippen molar-refractivity contribution in [3.05, 3.63) is 64.2 Å². The van der Waals surface area contributed by atoms with Gasteiger partial charge in [-0.3, -0.25) is 0 Å². The van der Waals surface area contributed by atoms with Crippen LogP contribution in [-0.2, 0) is 0 Å². The molecule has 2 aromatic carbocycles. The SMILES string of the molecule is Cc1ccc(Cl)c(NC2CC(c3ccccc3C)C2)c1. The summed E-state index contributed by atoms with van der Waals surface area (Å²) in [6.45, 7) is 4.30. The molecule has 2 heteroatoms. The number of halogens is 1. The second-order valence-electron chi connectivity index (χ2n) is 5.85. The molecule has 0 radical (unpaired) electrons. The molecule has 0 heterocycles. The third-order valence-corrected chi connectivity index (χ3v) is 4.58. The van der Waals surface area contributed by atoms with Crippen molar-refractivity contribution in [2.75, 3.05) is 5.32 Å². The van der Waals surface area contributed by atoms with Crippen LogP contribution in [0.2, 0.25) is 5.02 Å². The highest BCUT2D eigenvalue weighted by Crippen LogP contribution is 2.40. The average Bonchev–Trinajstić information content (AvgIpc) is 2.38. The topological polar surface area (TPSA) is 12.0 Å². The number of benzene rings is 2. The summed E-state index contributed by atoms with van der Waals surface area (Å²) in [7, 11) is 0. The van der Waals surface area contributed by atoms with E-state index in [0.717, 1.165) is 10.7 Å². The van der Waals surface area contributed by atoms with Gasteiger partial charge in [-0.05, 0) is 61.4 Å². The van der Waals surface area contributed by atoms with E-state index in [0.29, 0.717) is 12.0 Å². The largest absolute Gasteiger partial charge is 0.381 e. The predicted octanol–water partition coefficient (Wildman–Crippen LogP) is 5.31. The lowest BCUT2D eigenvalue weighted by Gasteiger charge is -2.37. The van der Waals surface area contributed by atoms with Gasteiger partial charge in [0.25, 0.3) is 0 Å². The molecule has 0 aromatic heterocycles. The summed E-state index contributed by atoms with van der Waals surface area (Å²) >= 11 is 6.24. The Labute approximate surface area is 126 Å². The number of hydrogen-bond donors (Lipinski definition) is 1. The van der Waals surface area contributed by atoms with Crippen LogP contribution in [-0.4, -0.2) is 6.04 Å². The van der Waals surface area contributed by atoms with Crippen LogP contribution in [0.25, 0.3) is 0 Å². The highest BCUT2D eigenvalue weighted by molar-refractivity contribution is 6.33. The van der Waals surface area contributed by atoms with Gasteiger partial charge in [-0.1, -0.05) is 41.9 Å². The normalized spacial score (nSPS) is 21.4. The van der Waals surface area contributed by atoms with Crippen molar-refractivity contribution >= 4 is 17.3 Å². The van der Waals surface area contributed by atoms with E-state index >= 15 is 0 Å². The van der Waals surface area contributed by atoms with Gasteiger partial charge in [-0.25, -0.2) is 0 Å². The maximum Gasteiger partial charge on any atom is 0.0637 e. The van der Waals surface area contributed by atoms with Crippen molar-refractivity contribution in [1.29, 1.82) is 0 Å². The van der Waals surface area contributed by atoms with Gasteiger partial charge in [0.1, 0.15) is 0 Å². The second-order valence-corrected chi connectivity index (χ2v) is 6.26. The van der Waals surface area contributed by atoms with E-state index in [2.05, 4.69) is 49.5 Å². The van der Waals surface area contributed by atoms with Crippen molar-refractivity contribution in [2.45, 2.75) is 38.6 Å². The maximum atomic E-state index is 6.24. The van der Waals surface area contributed by atoms with Crippen LogP contribution < -0.4 is 5.32 Å². The zero-order chi connectivity index (χ0) is 14.1. The quantitative estimate of drug-likeness (QED) is 0.805. The third kappa shape index (κ3) is 2.69. The molecule has 1 aliphatic carbocycles. The van der Waals surface area contributed by atoms with Crippen LogP contribution in [0.3, 0.4) is 0 Å². The van der Waals surface area contributed by atoms with Crippen molar-refractivity contribution in [3.8, 4) is 0 Å². The Bertz CT molecular complexity index is 615. The van der Waals surface area contributed by atoms with E-state index < -0.39 is 0 Å². The standard InChI is InChI=1S/C18H20ClN/c1-12-7-8-17(19)18(9-12)20-15-10-14(11-15)16-6-4-3-5-13(16)2/h3-9,14-15,20H,10-11H2,1-2H3. The van der Waals surface area contributed by atoms with Crippen molar-refractivity contribution in [1.82, 2.24) is 0 Å². The molecule has 1 aliphatic rings. The summed E-state index contributed by atoms with van der Waals surface area (Å²) in [5.74, 6) is 0.692. The summed E-state index contributed by atoms with van der Waals surface area (Å²) in [6, 6.07) is 15.4. The van der Waals surface area contributed by atoms with Crippen molar-refractivity contribution in [2.24, 2.45) is 0 Å². The Balaban J connectivity index is 1.64. The molecule has 3 rings (SSSR count). The van der Waals surface area contributed by atoms with Gasteiger partial charge in [-0.15, -0.1) is 0 Å². The lowest BCUT2D eigenvalue weighted by molar-refractivity contribution is 0.373. The molecule has 1 nitrogen and oxygen atoms in total. The van der Waals surface area contributed by atoms with Gasteiger partial charge in [-0.2, -0.15) is 0 Å². The zero-order valence-corrected chi connectivity index (χ0v) is 12.7. The number of nitrogens with one attached hydrogen (secondary N) is 1. The summed E-state index contributed by atoms with van der Waals surface area (Å²) in [5.41, 5.74) is 5.22. The molecular formula is C18H20ClN. The lowest BCUT2D eigenvalue weighted by Crippen LogP contribution is -2.34. The number of hydrogen-bond acceptors (Lipinski definition) is 1. The van der Waals surface area contributed by atoms with Gasteiger partial charge in [0, 0.05) is 6.04 Å². The Morgan fingerprint density at radius 3 is 2.55 bits per heavy atom. The molecule has 0 aliphatic heterocycles. The first-order chi connectivity index (χ1) is 9.63. The van der Waals surface area contributed by atoms with Crippen LogP contribution in [0.15, 0.2) is 42.5 Å². The fourth-order valence-electron chi connectivity index (χ4n) is 3.00. The van der Waals surface area contributed by atoms with Crippen LogP contribution in [0.4, 0.5) is 5.69 Å². The smallest absolute Gasteiger partial charge is 0.0637 e. The number of aryl methyl sites for hydroxylation is 2. The Morgan fingerprint density at radius 2 is 1.80 bits per heavy atom. The van der Waals surface area contributed by atoms with Crippen LogP contribution in [0, 0.1) is 13.8 Å². The average molecular weight is 286 g/mol. The molecule has 0 amide bonds. The fraction of sp³-hybridized carbons (Fsp3) is 0.333. The van der Waals surface area contributed by atoms with Crippen LogP contribution >= 0.6 is 11.6 Å². The molecule has 1 saturated carbocycles. The van der Waals surface area contributed by atoms with E-state index in [1.54, 1.807) is 0 Å². The minimum atomic E-state index is 0.541. The summed E-state index contributed by atoms with van der Waals surface area (Å²) in [4.78, 5) is 0. The van der Waals surface area contributed by atoms with Crippen LogP contribution in [0.1, 0.15) is 35.4 Å². The van der Waals surface area contributed by atoms with Gasteiger partial charge < -0.3 is 5.32 Å². The van der Waals surface area contributed by atoms with Gasteiger partial charge in [0.2, 0.25) is 0 Å². The molecule has 104 valence electrons. The Hall–Kier alpha value is -1.47. The first-order valence-electron chi connectivity index (χ1n) is 7.21. The van der Waals surface area contributed by atoms with Gasteiger partial charge in [0.15, 0.2) is 0 Å². The first-order valence-corrected chi connectivity index (χ1v) is 7.59. The zero-order valence-electron chi connectivity index (χ0n) is 12.0. The molecule has 20 heavy (non-hydrogen) atoms. The molecular weight excluding hydrogens is 266 g/mol.